The molecule has 1 aliphatic rings. The van der Waals surface area contributed by atoms with Gasteiger partial charge in [-0.1, -0.05) is 0 Å². The number of cyclic esters (lactones) is 1. The molecule has 1 heterocycles. The molecule has 0 bridgehead atoms. The lowest BCUT2D eigenvalue weighted by Gasteiger charge is -2.18. The van der Waals surface area contributed by atoms with Crippen molar-refractivity contribution in [2.75, 3.05) is 6.61 Å². The zero-order chi connectivity index (χ0) is 4.57. The first-order valence-corrected chi connectivity index (χ1v) is 1.73. The SMILES string of the molecule is N[C@@H]1COC1=O. The van der Waals surface area contributed by atoms with E-state index in [-0.39, 0.29) is 12.0 Å². The van der Waals surface area contributed by atoms with Crippen LogP contribution in [-0.2, 0) is 9.53 Å². The molecule has 1 aliphatic heterocycles. The smallest absolute Gasteiger partial charge is 0.326 e. The number of nitrogens with two attached hydrogens (primary N) is 1. The van der Waals surface area contributed by atoms with E-state index in [0.717, 1.165) is 0 Å². The molecule has 3 nitrogen and oxygen atoms in total. The summed E-state index contributed by atoms with van der Waals surface area (Å²) in [5.74, 6) is -0.282. The van der Waals surface area contributed by atoms with Gasteiger partial charge in [0.25, 0.3) is 0 Å². The molecule has 0 unspecified atom stereocenters. The van der Waals surface area contributed by atoms with Gasteiger partial charge in [-0.25, -0.2) is 0 Å². The molecule has 34 valence electrons. The molecule has 6 heavy (non-hydrogen) atoms. The molecule has 0 spiro atoms. The van der Waals surface area contributed by atoms with Crippen molar-refractivity contribution in [2.24, 2.45) is 5.73 Å². The normalized spacial score (nSPS) is 31.5. The van der Waals surface area contributed by atoms with Crippen LogP contribution in [-0.4, -0.2) is 18.6 Å². The van der Waals surface area contributed by atoms with Crippen LogP contribution in [0.3, 0.4) is 0 Å². The first-order chi connectivity index (χ1) is 2.80. The van der Waals surface area contributed by atoms with Crippen LogP contribution >= 0.6 is 0 Å². The van der Waals surface area contributed by atoms with Gasteiger partial charge in [-0.3, -0.25) is 4.79 Å². The molecule has 1 atom stereocenters. The van der Waals surface area contributed by atoms with Crippen LogP contribution < -0.4 is 5.73 Å². The minimum atomic E-state index is -0.329. The van der Waals surface area contributed by atoms with Crippen molar-refractivity contribution in [1.82, 2.24) is 0 Å². The average molecular weight is 87.1 g/mol. The molecule has 0 aliphatic carbocycles. The summed E-state index contributed by atoms with van der Waals surface area (Å²) in [6.45, 7) is 0.402. The molecule has 1 saturated heterocycles. The van der Waals surface area contributed by atoms with Gasteiger partial charge in [0.05, 0.1) is 0 Å². The van der Waals surface area contributed by atoms with E-state index >= 15 is 0 Å². The van der Waals surface area contributed by atoms with Gasteiger partial charge in [0.2, 0.25) is 0 Å². The second-order valence-electron chi connectivity index (χ2n) is 1.24. The lowest BCUT2D eigenvalue weighted by atomic mass is 10.3. The van der Waals surface area contributed by atoms with E-state index in [4.69, 9.17) is 5.73 Å². The summed E-state index contributed by atoms with van der Waals surface area (Å²) in [5.41, 5.74) is 5.05. The van der Waals surface area contributed by atoms with Crippen molar-refractivity contribution in [3.63, 3.8) is 0 Å². The van der Waals surface area contributed by atoms with Gasteiger partial charge in [0.15, 0.2) is 0 Å². The van der Waals surface area contributed by atoms with Crippen LogP contribution in [0.4, 0.5) is 0 Å². The largest absolute Gasteiger partial charge is 0.462 e. The van der Waals surface area contributed by atoms with E-state index in [0.29, 0.717) is 6.61 Å². The van der Waals surface area contributed by atoms with Gasteiger partial charge in [0.1, 0.15) is 12.6 Å². The third-order valence-corrected chi connectivity index (χ3v) is 0.708. The highest BCUT2D eigenvalue weighted by Crippen LogP contribution is 1.96. The third-order valence-electron chi connectivity index (χ3n) is 0.708. The van der Waals surface area contributed by atoms with Gasteiger partial charge >= 0.3 is 5.97 Å². The molecular formula is C3H5NO2. The molecule has 0 amide bonds. The second-order valence-corrected chi connectivity index (χ2v) is 1.24. The molecule has 0 radical (unpaired) electrons. The number of carbonyl (C=O) groups is 1. The Morgan fingerprint density at radius 1 is 2.00 bits per heavy atom. The Hall–Kier alpha value is -0.570. The maximum atomic E-state index is 9.88. The number of hydrogen-bond donors (Lipinski definition) is 1. The summed E-state index contributed by atoms with van der Waals surface area (Å²) < 4.78 is 4.28. The predicted molar refractivity (Wildman–Crippen MR) is 18.9 cm³/mol. The van der Waals surface area contributed by atoms with Gasteiger partial charge in [0, 0.05) is 0 Å². The Bertz CT molecular complexity index is 80.9. The Labute approximate surface area is 35.1 Å². The maximum absolute atomic E-state index is 9.88. The predicted octanol–water partition coefficient (Wildman–Crippen LogP) is -1.13. The highest BCUT2D eigenvalue weighted by atomic mass is 16.6. The molecule has 2 N–H and O–H groups in total. The summed E-state index contributed by atoms with van der Waals surface area (Å²) >= 11 is 0. The number of hydrogen-bond acceptors (Lipinski definition) is 3. The Morgan fingerprint density at radius 2 is 2.50 bits per heavy atom. The Kier molecular flexibility index (Phi) is 0.569. The molecule has 0 aromatic heterocycles. The highest BCUT2D eigenvalue weighted by Gasteiger charge is 2.25. The van der Waals surface area contributed by atoms with Crippen LogP contribution in [0.15, 0.2) is 0 Å². The zero-order valence-electron chi connectivity index (χ0n) is 3.18. The summed E-state index contributed by atoms with van der Waals surface area (Å²) in [6.07, 6.45) is 0. The van der Waals surface area contributed by atoms with E-state index in [1.54, 1.807) is 0 Å². The van der Waals surface area contributed by atoms with Crippen molar-refractivity contribution < 1.29 is 9.53 Å². The summed E-state index contributed by atoms with van der Waals surface area (Å²) in [5, 5.41) is 0. The summed E-state index contributed by atoms with van der Waals surface area (Å²) in [7, 11) is 0. The fraction of sp³-hybridized carbons (Fsp3) is 0.667. The van der Waals surface area contributed by atoms with Gasteiger partial charge in [-0.05, 0) is 0 Å². The molecule has 0 aromatic carbocycles. The summed E-state index contributed by atoms with van der Waals surface area (Å²) in [4.78, 5) is 9.88. The molecule has 1 rings (SSSR count). The van der Waals surface area contributed by atoms with Crippen LogP contribution in [0.1, 0.15) is 0 Å². The van der Waals surface area contributed by atoms with E-state index in [1.807, 2.05) is 0 Å². The van der Waals surface area contributed by atoms with Gasteiger partial charge in [-0.2, -0.15) is 0 Å². The number of esters is 1. The Balaban J connectivity index is 2.39. The van der Waals surface area contributed by atoms with E-state index in [2.05, 4.69) is 4.74 Å². The van der Waals surface area contributed by atoms with Crippen molar-refractivity contribution in [3.8, 4) is 0 Å². The van der Waals surface area contributed by atoms with Gasteiger partial charge < -0.3 is 10.5 Å². The van der Waals surface area contributed by atoms with Crippen LogP contribution in [0.25, 0.3) is 0 Å². The topological polar surface area (TPSA) is 52.3 Å². The highest BCUT2D eigenvalue weighted by molar-refractivity contribution is 5.80. The lowest BCUT2D eigenvalue weighted by Crippen LogP contribution is -2.47. The van der Waals surface area contributed by atoms with E-state index in [1.165, 1.54) is 0 Å². The van der Waals surface area contributed by atoms with Gasteiger partial charge in [-0.15, -0.1) is 0 Å². The monoisotopic (exact) mass is 87.0 g/mol. The molecule has 3 heteroatoms. The van der Waals surface area contributed by atoms with Crippen molar-refractivity contribution >= 4 is 5.97 Å². The number of ether oxygens (including phenoxy) is 1. The molecule has 0 saturated carbocycles. The molecular weight excluding hydrogens is 82.0 g/mol. The van der Waals surface area contributed by atoms with E-state index < -0.39 is 0 Å². The lowest BCUT2D eigenvalue weighted by molar-refractivity contribution is -0.160. The third kappa shape index (κ3) is 0.285. The maximum Gasteiger partial charge on any atom is 0.326 e. The average Bonchev–Trinajstić information content (AvgIpc) is 1.61. The Morgan fingerprint density at radius 3 is 2.50 bits per heavy atom. The van der Waals surface area contributed by atoms with E-state index in [9.17, 15) is 4.79 Å². The second kappa shape index (κ2) is 0.944. The van der Waals surface area contributed by atoms with Crippen molar-refractivity contribution in [2.45, 2.75) is 6.04 Å². The molecule has 1 fully saturated rings. The van der Waals surface area contributed by atoms with Crippen molar-refractivity contribution in [3.05, 3.63) is 0 Å². The molecule has 0 aromatic rings. The first kappa shape index (κ1) is 3.61. The van der Waals surface area contributed by atoms with Crippen LogP contribution in [0, 0.1) is 0 Å². The quantitative estimate of drug-likeness (QED) is 0.380. The standard InChI is InChI=1S/C3H5NO2/c4-2-1-6-3(2)5/h2H,1,4H2/t2-/m1/s1. The summed E-state index contributed by atoms with van der Waals surface area (Å²) in [6, 6.07) is -0.329. The fourth-order valence-electron chi connectivity index (χ4n) is 0.248. The van der Waals surface area contributed by atoms with Crippen LogP contribution in [0.5, 0.6) is 0 Å². The first-order valence-electron chi connectivity index (χ1n) is 1.73. The fourth-order valence-corrected chi connectivity index (χ4v) is 0.248. The van der Waals surface area contributed by atoms with Crippen LogP contribution in [0.2, 0.25) is 0 Å². The number of rotatable bonds is 0. The number of carbonyl (C=O) groups excluding carboxylic acids is 1. The minimum absolute atomic E-state index is 0.282. The zero-order valence-corrected chi connectivity index (χ0v) is 3.18. The minimum Gasteiger partial charge on any atom is -0.462 e. The van der Waals surface area contributed by atoms with Crippen molar-refractivity contribution in [1.29, 1.82) is 0 Å².